The first-order valence-electron chi connectivity index (χ1n) is 11.5. The summed E-state index contributed by atoms with van der Waals surface area (Å²) in [6.45, 7) is 11.0. The van der Waals surface area contributed by atoms with Crippen molar-refractivity contribution in [3.8, 4) is 0 Å². The van der Waals surface area contributed by atoms with Crippen LogP contribution in [0.3, 0.4) is 0 Å². The zero-order valence-corrected chi connectivity index (χ0v) is 18.4. The first-order chi connectivity index (χ1) is 13.7. The summed E-state index contributed by atoms with van der Waals surface area (Å²) in [6.07, 6.45) is 10.1. The molecule has 0 aliphatic heterocycles. The van der Waals surface area contributed by atoms with Crippen molar-refractivity contribution in [3.63, 3.8) is 0 Å². The molecule has 2 N–H and O–H groups in total. The van der Waals surface area contributed by atoms with Gasteiger partial charge in [-0.2, -0.15) is 0 Å². The van der Waals surface area contributed by atoms with E-state index in [4.69, 9.17) is 9.97 Å². The number of aromatic nitrogens is 2. The molecule has 4 heteroatoms. The molecule has 1 heterocycles. The fourth-order valence-corrected chi connectivity index (χ4v) is 3.62. The van der Waals surface area contributed by atoms with Gasteiger partial charge in [-0.3, -0.25) is 0 Å². The molecule has 2 rings (SSSR count). The van der Waals surface area contributed by atoms with Crippen LogP contribution >= 0.6 is 0 Å². The molecule has 2 atom stereocenters. The zero-order valence-electron chi connectivity index (χ0n) is 18.4. The predicted octanol–water partition coefficient (Wildman–Crippen LogP) is 6.89. The van der Waals surface area contributed by atoms with Gasteiger partial charge < -0.3 is 10.6 Å². The minimum absolute atomic E-state index is 0.689. The monoisotopic (exact) mass is 384 g/mol. The van der Waals surface area contributed by atoms with E-state index in [0.717, 1.165) is 35.8 Å². The van der Waals surface area contributed by atoms with E-state index in [1.54, 1.807) is 0 Å². The van der Waals surface area contributed by atoms with Crippen molar-refractivity contribution in [3.05, 3.63) is 24.3 Å². The molecule has 1 aromatic heterocycles. The number of nitrogens with one attached hydrogen (secondary N) is 2. The van der Waals surface area contributed by atoms with Crippen molar-refractivity contribution < 1.29 is 0 Å². The first kappa shape index (κ1) is 22.4. The van der Waals surface area contributed by atoms with Gasteiger partial charge in [0.15, 0.2) is 11.6 Å². The highest BCUT2D eigenvalue weighted by Gasteiger charge is 2.13. The van der Waals surface area contributed by atoms with Gasteiger partial charge in [-0.15, -0.1) is 0 Å². The van der Waals surface area contributed by atoms with E-state index < -0.39 is 0 Å². The minimum Gasteiger partial charge on any atom is -0.367 e. The molecule has 0 aliphatic carbocycles. The summed E-state index contributed by atoms with van der Waals surface area (Å²) in [6, 6.07) is 8.15. The van der Waals surface area contributed by atoms with E-state index in [9.17, 15) is 0 Å². The lowest BCUT2D eigenvalue weighted by molar-refractivity contribution is 0.470. The molecule has 0 aliphatic rings. The summed E-state index contributed by atoms with van der Waals surface area (Å²) in [5, 5.41) is 7.23. The Morgan fingerprint density at radius 3 is 1.50 bits per heavy atom. The van der Waals surface area contributed by atoms with Crippen molar-refractivity contribution >= 4 is 22.7 Å². The van der Waals surface area contributed by atoms with Gasteiger partial charge >= 0.3 is 0 Å². The molecule has 2 unspecified atom stereocenters. The van der Waals surface area contributed by atoms with Crippen LogP contribution in [0.25, 0.3) is 11.0 Å². The quantitative estimate of drug-likeness (QED) is 0.372. The van der Waals surface area contributed by atoms with Gasteiger partial charge in [0.05, 0.1) is 11.0 Å². The van der Waals surface area contributed by atoms with Crippen LogP contribution in [-0.2, 0) is 0 Å². The highest BCUT2D eigenvalue weighted by Crippen LogP contribution is 2.24. The van der Waals surface area contributed by atoms with E-state index in [-0.39, 0.29) is 0 Å². The van der Waals surface area contributed by atoms with Gasteiger partial charge in [-0.25, -0.2) is 9.97 Å². The third-order valence-corrected chi connectivity index (χ3v) is 5.77. The van der Waals surface area contributed by atoms with Crippen LogP contribution in [-0.4, -0.2) is 23.1 Å². The van der Waals surface area contributed by atoms with Crippen LogP contribution in [0.5, 0.6) is 0 Å². The lowest BCUT2D eigenvalue weighted by Crippen LogP contribution is -2.19. The number of para-hydroxylation sites is 2. The third-order valence-electron chi connectivity index (χ3n) is 5.77. The van der Waals surface area contributed by atoms with Crippen LogP contribution in [0.2, 0.25) is 0 Å². The number of nitrogens with zero attached hydrogens (tertiary/aromatic N) is 2. The van der Waals surface area contributed by atoms with E-state index in [1.165, 1.54) is 51.4 Å². The van der Waals surface area contributed by atoms with Crippen molar-refractivity contribution in [2.24, 2.45) is 11.8 Å². The second-order valence-corrected chi connectivity index (χ2v) is 8.00. The summed E-state index contributed by atoms with van der Waals surface area (Å²) in [4.78, 5) is 9.78. The van der Waals surface area contributed by atoms with Gasteiger partial charge in [0.25, 0.3) is 0 Å². The first-order valence-corrected chi connectivity index (χ1v) is 11.5. The van der Waals surface area contributed by atoms with Crippen LogP contribution < -0.4 is 10.6 Å². The van der Waals surface area contributed by atoms with Gasteiger partial charge in [-0.05, 0) is 36.8 Å². The van der Waals surface area contributed by atoms with E-state index in [2.05, 4.69) is 38.3 Å². The number of hydrogen-bond donors (Lipinski definition) is 2. The van der Waals surface area contributed by atoms with Crippen molar-refractivity contribution in [1.29, 1.82) is 0 Å². The molecule has 0 amide bonds. The summed E-state index contributed by atoms with van der Waals surface area (Å²) in [7, 11) is 0. The number of unbranched alkanes of at least 4 members (excludes halogenated alkanes) is 2. The number of anilines is 2. The fraction of sp³-hybridized carbons (Fsp3) is 0.667. The summed E-state index contributed by atoms with van der Waals surface area (Å²) in [5.74, 6) is 3.18. The molecule has 0 bridgehead atoms. The van der Waals surface area contributed by atoms with Gasteiger partial charge in [0.2, 0.25) is 0 Å². The fourth-order valence-electron chi connectivity index (χ4n) is 3.62. The largest absolute Gasteiger partial charge is 0.367 e. The second-order valence-electron chi connectivity index (χ2n) is 8.00. The Morgan fingerprint density at radius 2 is 1.14 bits per heavy atom. The third kappa shape index (κ3) is 6.96. The Morgan fingerprint density at radius 1 is 0.714 bits per heavy atom. The molecule has 28 heavy (non-hydrogen) atoms. The van der Waals surface area contributed by atoms with Crippen molar-refractivity contribution in [2.75, 3.05) is 23.7 Å². The number of benzene rings is 1. The average Bonchev–Trinajstić information content (AvgIpc) is 2.73. The lowest BCUT2D eigenvalue weighted by Gasteiger charge is -2.20. The van der Waals surface area contributed by atoms with Crippen LogP contribution in [0.1, 0.15) is 79.1 Å². The van der Waals surface area contributed by atoms with Crippen molar-refractivity contribution in [1.82, 2.24) is 9.97 Å². The zero-order chi connectivity index (χ0) is 20.2. The molecule has 0 spiro atoms. The molecular weight excluding hydrogens is 344 g/mol. The Balaban J connectivity index is 2.13. The number of hydrogen-bond acceptors (Lipinski definition) is 4. The van der Waals surface area contributed by atoms with Crippen LogP contribution in [0.4, 0.5) is 11.6 Å². The van der Waals surface area contributed by atoms with E-state index >= 15 is 0 Å². The lowest BCUT2D eigenvalue weighted by atomic mass is 9.99. The van der Waals surface area contributed by atoms with Gasteiger partial charge in [0, 0.05) is 13.1 Å². The topological polar surface area (TPSA) is 49.8 Å². The highest BCUT2D eigenvalue weighted by atomic mass is 15.1. The smallest absolute Gasteiger partial charge is 0.169 e. The van der Waals surface area contributed by atoms with Crippen molar-refractivity contribution in [2.45, 2.75) is 79.1 Å². The molecule has 0 saturated heterocycles. The van der Waals surface area contributed by atoms with Gasteiger partial charge in [-0.1, -0.05) is 78.4 Å². The Kier molecular flexibility index (Phi) is 10.1. The second kappa shape index (κ2) is 12.6. The summed E-state index contributed by atoms with van der Waals surface area (Å²) >= 11 is 0. The molecule has 0 radical (unpaired) electrons. The molecule has 156 valence electrons. The normalized spacial score (nSPS) is 13.4. The maximum Gasteiger partial charge on any atom is 0.169 e. The van der Waals surface area contributed by atoms with E-state index in [1.807, 2.05) is 24.3 Å². The Bertz CT molecular complexity index is 627. The molecule has 1 aromatic carbocycles. The molecule has 0 fully saturated rings. The van der Waals surface area contributed by atoms with Crippen LogP contribution in [0, 0.1) is 11.8 Å². The maximum atomic E-state index is 4.89. The SMILES string of the molecule is CCCCC(CC)CNc1nc2ccccc2nc1NCC(CC)CCCC. The van der Waals surface area contributed by atoms with Crippen LogP contribution in [0.15, 0.2) is 24.3 Å². The highest BCUT2D eigenvalue weighted by molar-refractivity contribution is 5.80. The Hall–Kier alpha value is -1.84. The standard InChI is InChI=1S/C24H40N4/c1-5-9-13-19(7-3)17-25-23-24(26-18-20(8-4)14-10-6-2)28-22-16-12-11-15-21(22)27-23/h11-12,15-16,19-20H,5-10,13-14,17-18H2,1-4H3,(H,25,27)(H,26,28). The minimum atomic E-state index is 0.689. The number of fused-ring (bicyclic) bond motifs is 1. The molecule has 2 aromatic rings. The van der Waals surface area contributed by atoms with E-state index in [0.29, 0.717) is 11.8 Å². The Labute approximate surface area is 171 Å². The maximum absolute atomic E-state index is 4.89. The number of rotatable bonds is 14. The summed E-state index contributed by atoms with van der Waals surface area (Å²) < 4.78 is 0. The summed E-state index contributed by atoms with van der Waals surface area (Å²) in [5.41, 5.74) is 1.91. The average molecular weight is 385 g/mol. The molecule has 0 saturated carbocycles. The predicted molar refractivity (Wildman–Crippen MR) is 123 cm³/mol. The molecular formula is C24H40N4. The van der Waals surface area contributed by atoms with Gasteiger partial charge in [0.1, 0.15) is 0 Å². The molecule has 4 nitrogen and oxygen atoms in total.